The maximum absolute atomic E-state index is 2.22. The molecular weight excluding hydrogens is 208 g/mol. The zero-order valence-electron chi connectivity index (χ0n) is 9.04. The normalized spacial score (nSPS) is 26.6. The fourth-order valence-corrected chi connectivity index (χ4v) is 5.94. The van der Waals surface area contributed by atoms with Gasteiger partial charge in [-0.2, -0.15) is 0 Å². The summed E-state index contributed by atoms with van der Waals surface area (Å²) in [6, 6.07) is 0. The van der Waals surface area contributed by atoms with Crippen LogP contribution in [-0.4, -0.2) is 10.5 Å². The molecule has 0 N–H and O–H groups in total. The summed E-state index contributed by atoms with van der Waals surface area (Å²) in [6.45, 7) is 0. The van der Waals surface area contributed by atoms with Crippen LogP contribution < -0.4 is 0 Å². The lowest BCUT2D eigenvalue weighted by Crippen LogP contribution is -2.10. The van der Waals surface area contributed by atoms with E-state index in [-0.39, 0.29) is 0 Å². The van der Waals surface area contributed by atoms with E-state index in [1.807, 2.05) is 0 Å². The van der Waals surface area contributed by atoms with Gasteiger partial charge in [-0.3, -0.25) is 0 Å². The minimum atomic E-state index is 0.996. The molecular formula is C12H22S2. The van der Waals surface area contributed by atoms with Gasteiger partial charge in [0.15, 0.2) is 0 Å². The van der Waals surface area contributed by atoms with E-state index < -0.39 is 0 Å². The van der Waals surface area contributed by atoms with E-state index in [9.17, 15) is 0 Å². The van der Waals surface area contributed by atoms with Gasteiger partial charge in [-0.05, 0) is 25.7 Å². The second-order valence-electron chi connectivity index (χ2n) is 4.71. The van der Waals surface area contributed by atoms with Gasteiger partial charge in [-0.1, -0.05) is 60.1 Å². The van der Waals surface area contributed by atoms with Crippen molar-refractivity contribution < 1.29 is 0 Å². The van der Waals surface area contributed by atoms with Crippen molar-refractivity contribution in [3.05, 3.63) is 0 Å². The molecule has 0 radical (unpaired) electrons. The molecule has 0 aromatic carbocycles. The molecule has 2 saturated carbocycles. The summed E-state index contributed by atoms with van der Waals surface area (Å²) < 4.78 is 0. The molecule has 0 heterocycles. The molecule has 0 aromatic rings. The van der Waals surface area contributed by atoms with Crippen LogP contribution in [0.4, 0.5) is 0 Å². The van der Waals surface area contributed by atoms with E-state index in [0.717, 1.165) is 10.5 Å². The largest absolute Gasteiger partial charge is 0.0904 e. The van der Waals surface area contributed by atoms with Crippen LogP contribution in [0.1, 0.15) is 64.2 Å². The van der Waals surface area contributed by atoms with E-state index in [2.05, 4.69) is 21.6 Å². The smallest absolute Gasteiger partial charge is 0.0151 e. The van der Waals surface area contributed by atoms with Gasteiger partial charge >= 0.3 is 0 Å². The fraction of sp³-hybridized carbons (Fsp3) is 1.00. The molecule has 0 aliphatic heterocycles. The van der Waals surface area contributed by atoms with Crippen molar-refractivity contribution in [2.24, 2.45) is 0 Å². The Morgan fingerprint density at radius 3 is 1.21 bits per heavy atom. The van der Waals surface area contributed by atoms with Crippen LogP contribution in [-0.2, 0) is 0 Å². The van der Waals surface area contributed by atoms with Gasteiger partial charge in [0, 0.05) is 10.5 Å². The molecule has 2 rings (SSSR count). The van der Waals surface area contributed by atoms with E-state index in [1.54, 1.807) is 0 Å². The van der Waals surface area contributed by atoms with E-state index >= 15 is 0 Å². The lowest BCUT2D eigenvalue weighted by molar-refractivity contribution is 0.514. The van der Waals surface area contributed by atoms with Crippen LogP contribution in [0, 0.1) is 0 Å². The average Bonchev–Trinajstić information content (AvgIpc) is 2.29. The zero-order chi connectivity index (χ0) is 9.64. The molecule has 0 bridgehead atoms. The van der Waals surface area contributed by atoms with Crippen molar-refractivity contribution in [2.75, 3.05) is 0 Å². The number of rotatable bonds is 3. The quantitative estimate of drug-likeness (QED) is 0.623. The van der Waals surface area contributed by atoms with Crippen LogP contribution in [0.2, 0.25) is 0 Å². The Labute approximate surface area is 96.4 Å². The van der Waals surface area contributed by atoms with Crippen LogP contribution in [0.25, 0.3) is 0 Å². The molecule has 2 fully saturated rings. The summed E-state index contributed by atoms with van der Waals surface area (Å²) >= 11 is 0. The topological polar surface area (TPSA) is 0 Å². The Morgan fingerprint density at radius 2 is 0.857 bits per heavy atom. The highest BCUT2D eigenvalue weighted by Crippen LogP contribution is 2.42. The third kappa shape index (κ3) is 3.69. The van der Waals surface area contributed by atoms with Gasteiger partial charge in [0.2, 0.25) is 0 Å². The Kier molecular flexibility index (Phi) is 5.05. The maximum atomic E-state index is 2.22. The number of hydrogen-bond donors (Lipinski definition) is 0. The second kappa shape index (κ2) is 6.32. The highest BCUT2D eigenvalue weighted by molar-refractivity contribution is 8.77. The Morgan fingerprint density at radius 1 is 0.500 bits per heavy atom. The summed E-state index contributed by atoms with van der Waals surface area (Å²) in [5.41, 5.74) is 0. The summed E-state index contributed by atoms with van der Waals surface area (Å²) in [4.78, 5) is 0. The van der Waals surface area contributed by atoms with E-state index in [4.69, 9.17) is 0 Å². The summed E-state index contributed by atoms with van der Waals surface area (Å²) in [6.07, 6.45) is 14.9. The first kappa shape index (κ1) is 11.2. The highest BCUT2D eigenvalue weighted by atomic mass is 33.1. The molecule has 0 saturated heterocycles. The van der Waals surface area contributed by atoms with Gasteiger partial charge in [0.25, 0.3) is 0 Å². The van der Waals surface area contributed by atoms with Gasteiger partial charge in [-0.15, -0.1) is 0 Å². The van der Waals surface area contributed by atoms with Crippen LogP contribution in [0.3, 0.4) is 0 Å². The van der Waals surface area contributed by atoms with Crippen LogP contribution in [0.15, 0.2) is 0 Å². The molecule has 0 spiro atoms. The molecule has 2 aliphatic rings. The van der Waals surface area contributed by atoms with Crippen molar-refractivity contribution in [1.82, 2.24) is 0 Å². The molecule has 0 nitrogen and oxygen atoms in total. The zero-order valence-corrected chi connectivity index (χ0v) is 10.7. The fourth-order valence-electron chi connectivity index (χ4n) is 2.48. The highest BCUT2D eigenvalue weighted by Gasteiger charge is 2.18. The first-order chi connectivity index (χ1) is 6.95. The van der Waals surface area contributed by atoms with Crippen molar-refractivity contribution in [3.63, 3.8) is 0 Å². The van der Waals surface area contributed by atoms with Crippen molar-refractivity contribution in [2.45, 2.75) is 74.7 Å². The predicted molar refractivity (Wildman–Crippen MR) is 68.9 cm³/mol. The third-order valence-corrected chi connectivity index (χ3v) is 7.00. The average molecular weight is 230 g/mol. The SMILES string of the molecule is C1CCC(SSC2CCCCC2)CC1. The van der Waals surface area contributed by atoms with E-state index in [0.29, 0.717) is 0 Å². The number of hydrogen-bond acceptors (Lipinski definition) is 2. The van der Waals surface area contributed by atoms with Crippen LogP contribution >= 0.6 is 21.6 Å². The van der Waals surface area contributed by atoms with Crippen LogP contribution in [0.5, 0.6) is 0 Å². The standard InChI is InChI=1S/C12H22S2/c1-3-7-11(8-4-1)13-14-12-9-5-2-6-10-12/h11-12H,1-10H2. The van der Waals surface area contributed by atoms with Gasteiger partial charge in [-0.25, -0.2) is 0 Å². The summed E-state index contributed by atoms with van der Waals surface area (Å²) in [5, 5.41) is 1.99. The van der Waals surface area contributed by atoms with Crippen molar-refractivity contribution in [3.8, 4) is 0 Å². The third-order valence-electron chi connectivity index (χ3n) is 3.43. The molecule has 82 valence electrons. The molecule has 14 heavy (non-hydrogen) atoms. The molecule has 0 aromatic heterocycles. The monoisotopic (exact) mass is 230 g/mol. The van der Waals surface area contributed by atoms with Gasteiger partial charge < -0.3 is 0 Å². The Hall–Kier alpha value is 0.700. The molecule has 0 atom stereocenters. The van der Waals surface area contributed by atoms with E-state index in [1.165, 1.54) is 64.2 Å². The predicted octanol–water partition coefficient (Wildman–Crippen LogP) is 5.03. The molecule has 0 amide bonds. The molecule has 0 unspecified atom stereocenters. The Balaban J connectivity index is 1.60. The van der Waals surface area contributed by atoms with Gasteiger partial charge in [0.05, 0.1) is 0 Å². The lowest BCUT2D eigenvalue weighted by atomic mass is 10.0. The first-order valence-electron chi connectivity index (χ1n) is 6.27. The molecule has 2 heteroatoms. The Bertz CT molecular complexity index is 128. The lowest BCUT2D eigenvalue weighted by Gasteiger charge is -2.25. The second-order valence-corrected chi connectivity index (χ2v) is 7.59. The van der Waals surface area contributed by atoms with Crippen molar-refractivity contribution in [1.29, 1.82) is 0 Å². The first-order valence-corrected chi connectivity index (χ1v) is 8.55. The summed E-state index contributed by atoms with van der Waals surface area (Å²) in [7, 11) is 4.44. The minimum absolute atomic E-state index is 0.996. The summed E-state index contributed by atoms with van der Waals surface area (Å²) in [5.74, 6) is 0. The maximum Gasteiger partial charge on any atom is 0.0151 e. The van der Waals surface area contributed by atoms with Gasteiger partial charge in [0.1, 0.15) is 0 Å². The van der Waals surface area contributed by atoms with Crippen molar-refractivity contribution >= 4 is 21.6 Å². The minimum Gasteiger partial charge on any atom is -0.0904 e. The molecule has 2 aliphatic carbocycles.